The van der Waals surface area contributed by atoms with Crippen LogP contribution in [0.1, 0.15) is 145 Å². The third-order valence-corrected chi connectivity index (χ3v) is 17.6. The van der Waals surface area contributed by atoms with Crippen molar-refractivity contribution in [3.05, 3.63) is 300 Å². The maximum atomic E-state index is 8.87. The number of aryl methyl sites for hydroxylation is 3. The van der Waals surface area contributed by atoms with Crippen LogP contribution in [0.2, 0.25) is 0 Å². The first kappa shape index (κ1) is 57.4. The average Bonchev–Trinajstić information content (AvgIpc) is 1.42. The smallest absolute Gasteiger partial charge is 0.129 e. The van der Waals surface area contributed by atoms with Crippen molar-refractivity contribution in [2.75, 3.05) is 0 Å². The monoisotopic (exact) mass is 1770 g/mol. The largest absolute Gasteiger partial charge is 0.501 e. The van der Waals surface area contributed by atoms with Crippen LogP contribution in [0.15, 0.2) is 246 Å². The molecule has 0 aliphatic heterocycles. The second-order valence-electron chi connectivity index (χ2n) is 30.5. The van der Waals surface area contributed by atoms with Crippen molar-refractivity contribution >= 4 is 97.7 Å². The molecule has 0 aliphatic rings. The minimum Gasteiger partial charge on any atom is -0.501 e. The van der Waals surface area contributed by atoms with Crippen LogP contribution in [0.3, 0.4) is 0 Å². The van der Waals surface area contributed by atoms with Gasteiger partial charge in [-0.3, -0.25) is 0 Å². The van der Waals surface area contributed by atoms with E-state index < -0.39 is 67.7 Å². The molecule has 17 aromatic rings. The summed E-state index contributed by atoms with van der Waals surface area (Å²) in [5.74, 6) is 0. The van der Waals surface area contributed by atoms with Crippen molar-refractivity contribution in [2.45, 2.75) is 129 Å². The van der Waals surface area contributed by atoms with Crippen molar-refractivity contribution < 1.29 is 72.3 Å². The molecule has 11 aromatic carbocycles. The molecular formula is C99H92Ir2N4O2-4. The minimum absolute atomic E-state index is 0. The fraction of sp³-hybridized carbons (Fsp3) is 0.232. The number of nitrogens with zero attached hydrogens (tertiary/aromatic N) is 4. The van der Waals surface area contributed by atoms with Gasteiger partial charge in [-0.15, -0.1) is 108 Å². The Hall–Kier alpha value is -9.78. The van der Waals surface area contributed by atoms with Crippen LogP contribution >= 0.6 is 0 Å². The number of aromatic nitrogens is 4. The zero-order valence-electron chi connectivity index (χ0n) is 78.8. The average molecular weight is 1770 g/mol. The van der Waals surface area contributed by atoms with Crippen LogP contribution < -0.4 is 0 Å². The number of furan rings is 2. The fourth-order valence-electron chi connectivity index (χ4n) is 13.3. The first-order valence-electron chi connectivity index (χ1n) is 43.7. The Labute approximate surface area is 682 Å². The predicted molar refractivity (Wildman–Crippen MR) is 443 cm³/mol. The van der Waals surface area contributed by atoms with Crippen molar-refractivity contribution in [3.8, 4) is 45.0 Å². The van der Waals surface area contributed by atoms with E-state index in [1.807, 2.05) is 165 Å². The Balaban J connectivity index is 0.000000155. The molecule has 0 saturated carbocycles. The van der Waals surface area contributed by atoms with Gasteiger partial charge in [-0.1, -0.05) is 244 Å². The number of hydrogen-bond acceptors (Lipinski definition) is 6. The van der Waals surface area contributed by atoms with Crippen LogP contribution in [-0.2, 0) is 65.7 Å². The third-order valence-electron chi connectivity index (χ3n) is 17.6. The fourth-order valence-corrected chi connectivity index (χ4v) is 13.3. The van der Waals surface area contributed by atoms with Gasteiger partial charge in [0.2, 0.25) is 0 Å². The summed E-state index contributed by atoms with van der Waals surface area (Å²) in [7, 11) is 0. The Morgan fingerprint density at radius 3 is 1.39 bits per heavy atom. The van der Waals surface area contributed by atoms with Crippen LogP contribution in [0.25, 0.3) is 143 Å². The minimum atomic E-state index is -2.62. The second kappa shape index (κ2) is 31.6. The molecule has 2 radical (unpaired) electrons. The van der Waals surface area contributed by atoms with Crippen LogP contribution in [0.4, 0.5) is 0 Å². The van der Waals surface area contributed by atoms with E-state index in [1.54, 1.807) is 57.3 Å². The second-order valence-corrected chi connectivity index (χ2v) is 30.5. The molecular weight excluding hydrogens is 1660 g/mol. The third kappa shape index (κ3) is 17.3. The molecule has 0 N–H and O–H groups in total. The van der Waals surface area contributed by atoms with Gasteiger partial charge >= 0.3 is 0 Å². The van der Waals surface area contributed by atoms with Crippen LogP contribution in [0.5, 0.6) is 0 Å². The summed E-state index contributed by atoms with van der Waals surface area (Å²) in [5.41, 5.74) is 5.45. The molecule has 542 valence electrons. The van der Waals surface area contributed by atoms with Gasteiger partial charge in [0.25, 0.3) is 0 Å². The first-order chi connectivity index (χ1) is 57.0. The van der Waals surface area contributed by atoms with Crippen LogP contribution in [0, 0.1) is 66.5 Å². The van der Waals surface area contributed by atoms with Gasteiger partial charge < -0.3 is 28.8 Å². The van der Waals surface area contributed by atoms with Gasteiger partial charge in [-0.05, 0) is 179 Å². The molecule has 6 aromatic heterocycles. The summed E-state index contributed by atoms with van der Waals surface area (Å²) in [5, 5.41) is 14.7. The molecule has 0 aliphatic carbocycles. The molecule has 6 nitrogen and oxygen atoms in total. The van der Waals surface area contributed by atoms with Gasteiger partial charge in [-0.25, -0.2) is 0 Å². The van der Waals surface area contributed by atoms with E-state index in [1.165, 1.54) is 29.2 Å². The molecule has 107 heavy (non-hydrogen) atoms. The van der Waals surface area contributed by atoms with Gasteiger partial charge in [-0.2, -0.15) is 0 Å². The number of benzene rings is 11. The molecule has 0 fully saturated rings. The molecule has 0 bridgehead atoms. The van der Waals surface area contributed by atoms with E-state index in [0.29, 0.717) is 61.6 Å². The number of pyridine rings is 4. The maximum absolute atomic E-state index is 8.87. The summed E-state index contributed by atoms with van der Waals surface area (Å²) in [6.45, 7) is 14.2. The van der Waals surface area contributed by atoms with Crippen molar-refractivity contribution in [2.24, 2.45) is 21.7 Å². The molecule has 0 unspecified atom stereocenters. The van der Waals surface area contributed by atoms with Crippen molar-refractivity contribution in [3.63, 3.8) is 0 Å². The quantitative estimate of drug-likeness (QED) is 0.111. The van der Waals surface area contributed by atoms with Crippen molar-refractivity contribution in [1.29, 1.82) is 0 Å². The molecule has 0 amide bonds. The van der Waals surface area contributed by atoms with E-state index in [0.717, 1.165) is 93.2 Å². The number of hydrogen-bond donors (Lipinski definition) is 0. The summed E-state index contributed by atoms with van der Waals surface area (Å²) in [4.78, 5) is 17.6. The van der Waals surface area contributed by atoms with E-state index in [-0.39, 0.29) is 62.5 Å². The SMILES string of the molecule is [2H]C([2H])([2H])c1cnc(-c2[c-]ccc3c2oc2c3ccc3ccc4ccccc4c32)cc1C([2H])([2H])C(C)(C)C.[2H]C([2H])([2H])c1cnc(-c2[c-]ccc3c2oc2cc4c5ccccc5c5ccccc5c4cc23)cc1C([2H])([2H])[2H].[2H]C([2H])(c1ccc(-c2[c-]cccc2)nc1)C(C)(C)C.[2H]C([2H])(c1cnc(-c2[c-]cccc2)cc1C([2H])([2H])C(C)(C)C)C(C)(C)C.[Ir].[Ir]. The summed E-state index contributed by atoms with van der Waals surface area (Å²) >= 11 is 0. The number of fused-ring (bicyclic) bond motifs is 16. The molecule has 0 atom stereocenters. The molecule has 0 spiro atoms. The van der Waals surface area contributed by atoms with Gasteiger partial charge in [0.15, 0.2) is 0 Å². The zero-order valence-corrected chi connectivity index (χ0v) is 66.6. The topological polar surface area (TPSA) is 77.8 Å². The van der Waals surface area contributed by atoms with Gasteiger partial charge in [0.1, 0.15) is 11.2 Å². The Bertz CT molecular complexity index is 6840. The molecule has 8 heteroatoms. The van der Waals surface area contributed by atoms with E-state index in [9.17, 15) is 0 Å². The summed E-state index contributed by atoms with van der Waals surface area (Å²) in [6, 6.07) is 80.7. The Morgan fingerprint density at radius 2 is 0.804 bits per heavy atom. The standard InChI is InChI=1S/C31H20NO.C31H26NO.C21H28N.C16H18N.2Ir/c1-18-14-29(32-17-19(18)2)25-13-7-12-24-28-15-26-22-10-5-3-8-20(22)21-9-4-6-11-23(21)27(26)16-30(28)33-31(24)25;1-19-18-32-27(16-22(19)17-31(2,3)4)26-11-7-10-24-25-15-14-21-13-12-20-8-5-6-9-23(20)28(21)30(25)33-29(24)26;1-20(2,3)13-17-12-19(16-10-8-7-9-11-16)22-15-18(17)14-21(4,5)6;1-16(2,3)11-13-9-10-15(17-12-13)14-7-5-4-6-8-14;;/h3-12,14-17H,1-2H3;5-10,12-16,18H,17H2,1-4H3;7-10,12,15H,13-14H2,1-6H3;4-7,9-10,12H,11H2,1-3H3;;/q4*-1;;/i1D3,2D3;1D3,17D2;13D2,14D2;11D2;;. The normalized spacial score (nSPS) is 15.1. The van der Waals surface area contributed by atoms with E-state index in [2.05, 4.69) is 117 Å². The van der Waals surface area contributed by atoms with Crippen LogP contribution in [-0.4, -0.2) is 19.9 Å². The van der Waals surface area contributed by atoms with Crippen molar-refractivity contribution in [1.82, 2.24) is 19.9 Å². The Kier molecular flexibility index (Phi) is 16.9. The van der Waals surface area contributed by atoms with E-state index >= 15 is 0 Å². The number of rotatable bonds is 8. The first-order valence-corrected chi connectivity index (χ1v) is 35.2. The molecule has 17 rings (SSSR count). The summed E-state index contributed by atoms with van der Waals surface area (Å²) < 4.78 is 153. The van der Waals surface area contributed by atoms with Gasteiger partial charge in [0, 0.05) is 104 Å². The predicted octanol–water partition coefficient (Wildman–Crippen LogP) is 27.0. The zero-order chi connectivity index (χ0) is 88.2. The summed E-state index contributed by atoms with van der Waals surface area (Å²) in [6.07, 6.45) is -1.25. The van der Waals surface area contributed by atoms with Gasteiger partial charge in [0.05, 0.1) is 11.2 Å². The molecule has 6 heterocycles. The Morgan fingerprint density at radius 1 is 0.327 bits per heavy atom. The van der Waals surface area contributed by atoms with E-state index in [4.69, 9.17) is 32.1 Å². The molecule has 0 saturated heterocycles. The maximum Gasteiger partial charge on any atom is 0.129 e.